The van der Waals surface area contributed by atoms with Gasteiger partial charge in [0.1, 0.15) is 73.2 Å². The lowest BCUT2D eigenvalue weighted by Crippen LogP contribution is -2.66. The summed E-state index contributed by atoms with van der Waals surface area (Å²) in [5, 5.41) is 120. The van der Waals surface area contributed by atoms with Crippen molar-refractivity contribution < 1.29 is 89.4 Å². The zero-order valence-corrected chi connectivity index (χ0v) is 49.1. The maximum Gasteiger partial charge on any atom is 0.220 e. The zero-order valence-electron chi connectivity index (χ0n) is 49.1. The van der Waals surface area contributed by atoms with Crippen molar-refractivity contribution in [2.75, 3.05) is 26.4 Å². The predicted octanol–water partition coefficient (Wildman–Crippen LogP) is 6.32. The Labute approximate surface area is 479 Å². The van der Waals surface area contributed by atoms with Crippen molar-refractivity contribution in [1.29, 1.82) is 0 Å². The Kier molecular flexibility index (Phi) is 40.5. The van der Waals surface area contributed by atoms with Crippen LogP contribution in [0.4, 0.5) is 0 Å². The number of ether oxygens (including phenoxy) is 6. The van der Waals surface area contributed by atoms with E-state index in [1.807, 2.05) is 0 Å². The Hall–Kier alpha value is -1.73. The minimum Gasteiger partial charge on any atom is -0.394 e. The van der Waals surface area contributed by atoms with Gasteiger partial charge in [-0.15, -0.1) is 0 Å². The maximum absolute atomic E-state index is 13.4. The third kappa shape index (κ3) is 28.0. The van der Waals surface area contributed by atoms with E-state index in [1.165, 1.54) is 135 Å². The van der Waals surface area contributed by atoms with Crippen LogP contribution in [0.2, 0.25) is 0 Å². The van der Waals surface area contributed by atoms with E-state index < -0.39 is 124 Å². The summed E-state index contributed by atoms with van der Waals surface area (Å²) >= 11 is 0. The lowest BCUT2D eigenvalue weighted by atomic mass is 9.96. The number of aliphatic hydroxyl groups is 11. The Morgan fingerprint density at radius 2 is 0.825 bits per heavy atom. The number of unbranched alkanes of at least 4 members (excludes halogenated alkanes) is 27. The van der Waals surface area contributed by atoms with E-state index in [2.05, 4.69) is 43.5 Å². The number of carbonyl (C=O) groups is 1. The summed E-state index contributed by atoms with van der Waals surface area (Å²) in [6.07, 6.45) is 19.7. The standard InChI is InChI=1S/C61H113NO18/c1-3-5-7-9-11-13-15-17-19-20-21-22-23-24-25-27-29-31-33-35-37-39-49(67)62-44(45(66)38-36-34-32-30-28-26-18-16-14-12-10-8-6-4-2)43-75-59-55(73)52(70)57(47(41-64)77-59)80-61-56(74)53(71)58(48(42-65)78-61)79-60-54(72)51(69)50(68)46(40-63)76-60/h15,17,20-21,44-48,50-61,63-66,68-74H,3-14,16,18-19,22-43H2,1-2H3,(H,62,67)/b17-15-,21-20-. The van der Waals surface area contributed by atoms with Crippen LogP contribution in [-0.2, 0) is 33.2 Å². The van der Waals surface area contributed by atoms with Gasteiger partial charge >= 0.3 is 0 Å². The molecule has 1 amide bonds. The molecule has 3 fully saturated rings. The van der Waals surface area contributed by atoms with Crippen LogP contribution in [0.5, 0.6) is 0 Å². The monoisotopic (exact) mass is 1150 g/mol. The molecule has 0 aliphatic carbocycles. The second kappa shape index (κ2) is 44.7. The molecule has 0 aromatic rings. The molecular formula is C61H113NO18. The van der Waals surface area contributed by atoms with Crippen molar-refractivity contribution in [3.8, 4) is 0 Å². The van der Waals surface area contributed by atoms with Crippen LogP contribution in [-0.4, -0.2) is 193 Å². The minimum atomic E-state index is -1.97. The summed E-state index contributed by atoms with van der Waals surface area (Å²) < 4.78 is 34.3. The van der Waals surface area contributed by atoms with Gasteiger partial charge in [0, 0.05) is 6.42 Å². The molecule has 0 saturated carbocycles. The highest BCUT2D eigenvalue weighted by Crippen LogP contribution is 2.33. The van der Waals surface area contributed by atoms with Crippen LogP contribution in [0.15, 0.2) is 24.3 Å². The lowest BCUT2D eigenvalue weighted by Gasteiger charge is -2.48. The first-order valence-corrected chi connectivity index (χ1v) is 31.6. The number of rotatable bonds is 47. The fourth-order valence-corrected chi connectivity index (χ4v) is 10.8. The van der Waals surface area contributed by atoms with Crippen molar-refractivity contribution in [1.82, 2.24) is 5.32 Å². The number of hydrogen-bond donors (Lipinski definition) is 12. The third-order valence-electron chi connectivity index (χ3n) is 16.0. The van der Waals surface area contributed by atoms with E-state index in [0.717, 1.165) is 57.8 Å². The highest BCUT2D eigenvalue weighted by atomic mass is 16.8. The van der Waals surface area contributed by atoms with Gasteiger partial charge in [-0.05, 0) is 44.9 Å². The van der Waals surface area contributed by atoms with Crippen molar-refractivity contribution in [2.24, 2.45) is 0 Å². The van der Waals surface area contributed by atoms with Gasteiger partial charge in [-0.1, -0.05) is 199 Å². The number of carbonyl (C=O) groups excluding carboxylic acids is 1. The average Bonchev–Trinajstić information content (AvgIpc) is 3.45. The topological polar surface area (TPSA) is 307 Å². The van der Waals surface area contributed by atoms with E-state index in [4.69, 9.17) is 28.4 Å². The van der Waals surface area contributed by atoms with Crippen molar-refractivity contribution in [3.05, 3.63) is 24.3 Å². The quantitative estimate of drug-likeness (QED) is 0.0234. The summed E-state index contributed by atoms with van der Waals surface area (Å²) in [6, 6.07) is -0.887. The summed E-state index contributed by atoms with van der Waals surface area (Å²) in [7, 11) is 0. The number of nitrogens with one attached hydrogen (secondary N) is 1. The van der Waals surface area contributed by atoms with Gasteiger partial charge in [-0.25, -0.2) is 0 Å². The second-order valence-electron chi connectivity index (χ2n) is 22.9. The number of aliphatic hydroxyl groups excluding tert-OH is 11. The van der Waals surface area contributed by atoms with Crippen LogP contribution >= 0.6 is 0 Å². The number of amides is 1. The van der Waals surface area contributed by atoms with Gasteiger partial charge in [-0.2, -0.15) is 0 Å². The van der Waals surface area contributed by atoms with E-state index >= 15 is 0 Å². The molecule has 0 spiro atoms. The fraction of sp³-hybridized carbons (Fsp3) is 0.918. The molecule has 17 atom stereocenters. The Bertz CT molecular complexity index is 1560. The molecule has 470 valence electrons. The van der Waals surface area contributed by atoms with Gasteiger partial charge in [0.15, 0.2) is 18.9 Å². The average molecular weight is 1150 g/mol. The van der Waals surface area contributed by atoms with Crippen LogP contribution in [0.25, 0.3) is 0 Å². The van der Waals surface area contributed by atoms with Crippen LogP contribution in [0, 0.1) is 0 Å². The predicted molar refractivity (Wildman–Crippen MR) is 305 cm³/mol. The first kappa shape index (κ1) is 72.5. The Morgan fingerprint density at radius 3 is 1.27 bits per heavy atom. The van der Waals surface area contributed by atoms with Gasteiger partial charge in [0.2, 0.25) is 5.91 Å². The first-order valence-electron chi connectivity index (χ1n) is 31.6. The summed E-state index contributed by atoms with van der Waals surface area (Å²) in [4.78, 5) is 13.4. The molecule has 3 aliphatic heterocycles. The molecule has 80 heavy (non-hydrogen) atoms. The summed E-state index contributed by atoms with van der Waals surface area (Å²) in [5.41, 5.74) is 0. The fourth-order valence-electron chi connectivity index (χ4n) is 10.8. The maximum atomic E-state index is 13.4. The van der Waals surface area contributed by atoms with Crippen LogP contribution in [0.1, 0.15) is 226 Å². The van der Waals surface area contributed by atoms with E-state index in [0.29, 0.717) is 12.8 Å². The molecule has 3 heterocycles. The van der Waals surface area contributed by atoms with E-state index in [9.17, 15) is 61.0 Å². The molecular weight excluding hydrogens is 1030 g/mol. The van der Waals surface area contributed by atoms with E-state index in [-0.39, 0.29) is 18.9 Å². The normalized spacial score (nSPS) is 30.1. The largest absolute Gasteiger partial charge is 0.394 e. The molecule has 3 rings (SSSR count). The van der Waals surface area contributed by atoms with E-state index in [1.54, 1.807) is 0 Å². The molecule has 0 aromatic heterocycles. The highest BCUT2D eigenvalue weighted by Gasteiger charge is 2.53. The molecule has 12 N–H and O–H groups in total. The summed E-state index contributed by atoms with van der Waals surface area (Å²) in [6.45, 7) is 1.78. The molecule has 19 nitrogen and oxygen atoms in total. The van der Waals surface area contributed by atoms with Crippen molar-refractivity contribution in [3.63, 3.8) is 0 Å². The SMILES string of the molecule is CCCCCCC/C=C\C/C=C\CCCCCCCCCCCC(=O)NC(COC1OC(CO)C(OC2OC(CO)C(OC3OC(CO)C(O)C(O)C3O)C(O)C2O)C(O)C1O)C(O)CCCCCCCCCCCCCCCC. The highest BCUT2D eigenvalue weighted by molar-refractivity contribution is 5.76. The molecule has 3 aliphatic rings. The first-order chi connectivity index (χ1) is 38.8. The van der Waals surface area contributed by atoms with Gasteiger partial charge in [-0.3, -0.25) is 4.79 Å². The molecule has 0 bridgehead atoms. The molecule has 0 radical (unpaired) electrons. The van der Waals surface area contributed by atoms with Crippen molar-refractivity contribution >= 4 is 5.91 Å². The van der Waals surface area contributed by atoms with Crippen molar-refractivity contribution in [2.45, 2.75) is 330 Å². The van der Waals surface area contributed by atoms with Gasteiger partial charge in [0.05, 0.1) is 38.6 Å². The number of allylic oxidation sites excluding steroid dienone is 4. The molecule has 19 heteroatoms. The number of hydrogen-bond acceptors (Lipinski definition) is 18. The Morgan fingerprint density at radius 1 is 0.450 bits per heavy atom. The van der Waals surface area contributed by atoms with Gasteiger partial charge < -0.3 is 89.9 Å². The third-order valence-corrected chi connectivity index (χ3v) is 16.0. The van der Waals surface area contributed by atoms with Crippen LogP contribution < -0.4 is 5.32 Å². The summed E-state index contributed by atoms with van der Waals surface area (Å²) in [5.74, 6) is -0.247. The molecule has 0 aromatic carbocycles. The molecule has 17 unspecified atom stereocenters. The zero-order chi connectivity index (χ0) is 58.3. The minimum absolute atomic E-state index is 0.247. The second-order valence-corrected chi connectivity index (χ2v) is 22.9. The van der Waals surface area contributed by atoms with Gasteiger partial charge in [0.25, 0.3) is 0 Å². The van der Waals surface area contributed by atoms with Crippen LogP contribution in [0.3, 0.4) is 0 Å². The Balaban J connectivity index is 1.47. The lowest BCUT2D eigenvalue weighted by molar-refractivity contribution is -0.379. The smallest absolute Gasteiger partial charge is 0.220 e. The molecule has 3 saturated heterocycles.